The second kappa shape index (κ2) is 5.88. The van der Waals surface area contributed by atoms with Gasteiger partial charge in [0.25, 0.3) is 5.91 Å². The maximum absolute atomic E-state index is 12.6. The van der Waals surface area contributed by atoms with Gasteiger partial charge < -0.3 is 9.32 Å². The first kappa shape index (κ1) is 13.5. The average molecular weight is 292 g/mol. The molecule has 0 bridgehead atoms. The van der Waals surface area contributed by atoms with Crippen LogP contribution in [0.15, 0.2) is 34.7 Å². The van der Waals surface area contributed by atoms with Crippen molar-refractivity contribution < 1.29 is 9.21 Å². The topological polar surface area (TPSA) is 33.5 Å². The fourth-order valence-electron chi connectivity index (χ4n) is 2.92. The summed E-state index contributed by atoms with van der Waals surface area (Å²) in [4.78, 5) is 14.6. The number of amides is 1. The molecule has 0 aliphatic carbocycles. The molecule has 1 amide bonds. The Labute approximate surface area is 123 Å². The van der Waals surface area contributed by atoms with Crippen LogP contribution in [0.25, 0.3) is 11.0 Å². The van der Waals surface area contributed by atoms with Crippen molar-refractivity contribution in [2.45, 2.75) is 31.7 Å². The van der Waals surface area contributed by atoms with E-state index in [1.54, 1.807) is 0 Å². The molecule has 0 N–H and O–H groups in total. The molecule has 2 heterocycles. The lowest BCUT2D eigenvalue weighted by Gasteiger charge is -2.34. The number of halogens is 1. The highest BCUT2D eigenvalue weighted by molar-refractivity contribution is 6.17. The molecule has 1 aliphatic heterocycles. The minimum Gasteiger partial charge on any atom is -0.451 e. The maximum atomic E-state index is 12.6. The van der Waals surface area contributed by atoms with E-state index in [0.717, 1.165) is 36.8 Å². The second-order valence-corrected chi connectivity index (χ2v) is 5.65. The van der Waals surface area contributed by atoms with Gasteiger partial charge >= 0.3 is 0 Å². The number of rotatable bonds is 3. The van der Waals surface area contributed by atoms with Crippen molar-refractivity contribution in [3.05, 3.63) is 36.1 Å². The first-order chi connectivity index (χ1) is 9.79. The van der Waals surface area contributed by atoms with Gasteiger partial charge in [-0.05, 0) is 37.8 Å². The van der Waals surface area contributed by atoms with Crippen LogP contribution in [0.2, 0.25) is 0 Å². The molecule has 0 saturated carbocycles. The van der Waals surface area contributed by atoms with Gasteiger partial charge in [-0.1, -0.05) is 18.2 Å². The molecule has 1 aromatic heterocycles. The van der Waals surface area contributed by atoms with Crippen LogP contribution in [0.4, 0.5) is 0 Å². The minimum atomic E-state index is -0.00369. The van der Waals surface area contributed by atoms with Crippen molar-refractivity contribution in [1.29, 1.82) is 0 Å². The van der Waals surface area contributed by atoms with Crippen molar-refractivity contribution in [1.82, 2.24) is 4.90 Å². The van der Waals surface area contributed by atoms with Crippen LogP contribution in [-0.2, 0) is 0 Å². The number of piperidine rings is 1. The Morgan fingerprint density at radius 2 is 2.20 bits per heavy atom. The molecular weight excluding hydrogens is 274 g/mol. The summed E-state index contributed by atoms with van der Waals surface area (Å²) < 4.78 is 5.69. The molecule has 1 fully saturated rings. The highest BCUT2D eigenvalue weighted by atomic mass is 35.5. The molecule has 3 nitrogen and oxygen atoms in total. The molecule has 2 aromatic rings. The Hall–Kier alpha value is -1.48. The van der Waals surface area contributed by atoms with E-state index in [9.17, 15) is 4.79 Å². The number of furan rings is 1. The standard InChI is InChI=1S/C16H18ClNO2/c17-9-8-13-6-3-4-10-18(13)16(19)15-11-12-5-1-2-7-14(12)20-15/h1-2,5,7,11,13H,3-4,6,8-10H2. The van der Waals surface area contributed by atoms with Gasteiger partial charge in [-0.3, -0.25) is 4.79 Å². The first-order valence-electron chi connectivity index (χ1n) is 7.15. The van der Waals surface area contributed by atoms with Gasteiger partial charge in [0.15, 0.2) is 5.76 Å². The van der Waals surface area contributed by atoms with Gasteiger partial charge in [-0.2, -0.15) is 0 Å². The van der Waals surface area contributed by atoms with Gasteiger partial charge in [-0.15, -0.1) is 11.6 Å². The van der Waals surface area contributed by atoms with Gasteiger partial charge in [0, 0.05) is 23.9 Å². The monoisotopic (exact) mass is 291 g/mol. The lowest BCUT2D eigenvalue weighted by atomic mass is 9.99. The van der Waals surface area contributed by atoms with E-state index >= 15 is 0 Å². The number of para-hydroxylation sites is 1. The van der Waals surface area contributed by atoms with Crippen LogP contribution in [0, 0.1) is 0 Å². The predicted octanol–water partition coefficient (Wildman–Crippen LogP) is 4.06. The molecule has 1 saturated heterocycles. The van der Waals surface area contributed by atoms with E-state index in [1.807, 2.05) is 35.2 Å². The quantitative estimate of drug-likeness (QED) is 0.799. The zero-order valence-corrected chi connectivity index (χ0v) is 12.1. The van der Waals surface area contributed by atoms with E-state index in [4.69, 9.17) is 16.0 Å². The maximum Gasteiger partial charge on any atom is 0.289 e. The summed E-state index contributed by atoms with van der Waals surface area (Å²) in [7, 11) is 0. The Bertz CT molecular complexity index is 572. The second-order valence-electron chi connectivity index (χ2n) is 5.27. The summed E-state index contributed by atoms with van der Waals surface area (Å²) in [6.45, 7) is 0.803. The lowest BCUT2D eigenvalue weighted by Crippen LogP contribution is -2.43. The minimum absolute atomic E-state index is 0.00369. The highest BCUT2D eigenvalue weighted by Gasteiger charge is 2.28. The van der Waals surface area contributed by atoms with E-state index in [-0.39, 0.29) is 11.9 Å². The molecule has 106 valence electrons. The van der Waals surface area contributed by atoms with E-state index < -0.39 is 0 Å². The van der Waals surface area contributed by atoms with Crippen molar-refractivity contribution >= 4 is 28.5 Å². The molecule has 20 heavy (non-hydrogen) atoms. The number of likely N-dealkylation sites (tertiary alicyclic amines) is 1. The molecule has 0 spiro atoms. The summed E-state index contributed by atoms with van der Waals surface area (Å²) in [5, 5.41) is 0.974. The SMILES string of the molecule is O=C(c1cc2ccccc2o1)N1CCCCC1CCCl. The zero-order chi connectivity index (χ0) is 13.9. The van der Waals surface area contributed by atoms with Gasteiger partial charge in [0.05, 0.1) is 0 Å². The summed E-state index contributed by atoms with van der Waals surface area (Å²) in [5.41, 5.74) is 0.766. The van der Waals surface area contributed by atoms with Crippen molar-refractivity contribution in [3.8, 4) is 0 Å². The third-order valence-electron chi connectivity index (χ3n) is 3.97. The van der Waals surface area contributed by atoms with Crippen LogP contribution in [-0.4, -0.2) is 29.3 Å². The molecule has 1 unspecified atom stereocenters. The number of hydrogen-bond donors (Lipinski definition) is 0. The van der Waals surface area contributed by atoms with Crippen molar-refractivity contribution in [2.24, 2.45) is 0 Å². The number of nitrogens with zero attached hydrogens (tertiary/aromatic N) is 1. The molecular formula is C16H18ClNO2. The largest absolute Gasteiger partial charge is 0.451 e. The van der Waals surface area contributed by atoms with Crippen LogP contribution in [0.3, 0.4) is 0 Å². The Morgan fingerprint density at radius 3 is 3.00 bits per heavy atom. The Kier molecular flexibility index (Phi) is 3.97. The van der Waals surface area contributed by atoms with Crippen LogP contribution in [0.5, 0.6) is 0 Å². The number of carbonyl (C=O) groups excluding carboxylic acids is 1. The molecule has 4 heteroatoms. The molecule has 1 aliphatic rings. The van der Waals surface area contributed by atoms with Crippen molar-refractivity contribution in [2.75, 3.05) is 12.4 Å². The van der Waals surface area contributed by atoms with Crippen molar-refractivity contribution in [3.63, 3.8) is 0 Å². The third kappa shape index (κ3) is 2.55. The normalized spacial score (nSPS) is 19.4. The fourth-order valence-corrected chi connectivity index (χ4v) is 3.17. The summed E-state index contributed by atoms with van der Waals surface area (Å²) in [5.74, 6) is 1.03. The zero-order valence-electron chi connectivity index (χ0n) is 11.3. The van der Waals surface area contributed by atoms with E-state index in [0.29, 0.717) is 11.6 Å². The van der Waals surface area contributed by atoms with Gasteiger partial charge in [0.2, 0.25) is 0 Å². The number of fused-ring (bicyclic) bond motifs is 1. The average Bonchev–Trinajstić information content (AvgIpc) is 2.91. The number of hydrogen-bond acceptors (Lipinski definition) is 2. The number of alkyl halides is 1. The summed E-state index contributed by atoms with van der Waals surface area (Å²) in [6.07, 6.45) is 4.13. The highest BCUT2D eigenvalue weighted by Crippen LogP contribution is 2.25. The molecule has 0 radical (unpaired) electrons. The van der Waals surface area contributed by atoms with Crippen LogP contribution < -0.4 is 0 Å². The lowest BCUT2D eigenvalue weighted by molar-refractivity contribution is 0.0579. The predicted molar refractivity (Wildman–Crippen MR) is 80.2 cm³/mol. The molecule has 1 aromatic carbocycles. The van der Waals surface area contributed by atoms with Crippen LogP contribution in [0.1, 0.15) is 36.2 Å². The number of carbonyl (C=O) groups is 1. The molecule has 1 atom stereocenters. The Balaban J connectivity index is 1.86. The van der Waals surface area contributed by atoms with Crippen LogP contribution >= 0.6 is 11.6 Å². The van der Waals surface area contributed by atoms with E-state index in [1.165, 1.54) is 6.42 Å². The first-order valence-corrected chi connectivity index (χ1v) is 7.68. The van der Waals surface area contributed by atoms with E-state index in [2.05, 4.69) is 0 Å². The third-order valence-corrected chi connectivity index (χ3v) is 4.18. The number of benzene rings is 1. The summed E-state index contributed by atoms with van der Waals surface area (Å²) >= 11 is 5.85. The van der Waals surface area contributed by atoms with Gasteiger partial charge in [-0.25, -0.2) is 0 Å². The van der Waals surface area contributed by atoms with Gasteiger partial charge in [0.1, 0.15) is 5.58 Å². The Morgan fingerprint density at radius 1 is 1.35 bits per heavy atom. The smallest absolute Gasteiger partial charge is 0.289 e. The summed E-state index contributed by atoms with van der Waals surface area (Å²) in [6, 6.07) is 9.80. The fraction of sp³-hybridized carbons (Fsp3) is 0.438. The molecule has 3 rings (SSSR count).